The molecule has 0 N–H and O–H groups in total. The van der Waals surface area contributed by atoms with Crippen molar-refractivity contribution >= 4 is 17.6 Å². The topological polar surface area (TPSA) is 43.4 Å². The Morgan fingerprint density at radius 1 is 1.78 bits per heavy atom. The fourth-order valence-electron chi connectivity index (χ4n) is 0.311. The van der Waals surface area contributed by atoms with Crippen LogP contribution in [0.1, 0.15) is 0 Å². The maximum Gasteiger partial charge on any atom is 0.312 e. The van der Waals surface area contributed by atoms with Gasteiger partial charge in [0.05, 0.1) is 12.8 Å². The number of rotatable bonds is 4. The molecule has 0 aliphatic carbocycles. The van der Waals surface area contributed by atoms with E-state index in [1.165, 1.54) is 4.90 Å². The van der Waals surface area contributed by atoms with Gasteiger partial charge in [0.25, 0.3) is 0 Å². The number of amides is 1. The SMILES string of the molecule is CN([C]=O)CC[S+](C)[O-]. The average Bonchev–Trinajstić information content (AvgIpc) is 1.83. The third kappa shape index (κ3) is 5.65. The Hall–Kier alpha value is -0.220. The van der Waals surface area contributed by atoms with Crippen LogP contribution in [0, 0.1) is 0 Å². The van der Waals surface area contributed by atoms with Crippen molar-refractivity contribution in [2.75, 3.05) is 25.6 Å². The molecular weight excluding hydrogens is 138 g/mol. The second-order valence-electron chi connectivity index (χ2n) is 1.79. The van der Waals surface area contributed by atoms with E-state index in [1.807, 2.05) is 0 Å². The summed E-state index contributed by atoms with van der Waals surface area (Å²) in [6.45, 7) is 0.520. The Bertz CT molecular complexity index is 87.0. The molecule has 0 aliphatic heterocycles. The van der Waals surface area contributed by atoms with Crippen LogP contribution in [-0.2, 0) is 16.0 Å². The van der Waals surface area contributed by atoms with E-state index in [0.717, 1.165) is 0 Å². The molecule has 0 rings (SSSR count). The standard InChI is InChI=1S/C5H10NO2S/c1-6(5-7)3-4-9(2)8/h3-4H2,1-2H3. The third-order valence-corrected chi connectivity index (χ3v) is 1.63. The number of hydrogen-bond donors (Lipinski definition) is 0. The van der Waals surface area contributed by atoms with Crippen molar-refractivity contribution in [1.29, 1.82) is 0 Å². The van der Waals surface area contributed by atoms with E-state index in [-0.39, 0.29) is 0 Å². The first-order valence-electron chi connectivity index (χ1n) is 2.55. The van der Waals surface area contributed by atoms with Gasteiger partial charge in [-0.05, 0) is 0 Å². The highest BCUT2D eigenvalue weighted by molar-refractivity contribution is 7.90. The smallest absolute Gasteiger partial charge is 0.312 e. The predicted molar refractivity (Wildman–Crippen MR) is 37.3 cm³/mol. The van der Waals surface area contributed by atoms with E-state index < -0.39 is 11.2 Å². The van der Waals surface area contributed by atoms with Crippen LogP contribution >= 0.6 is 0 Å². The molecule has 1 amide bonds. The zero-order valence-corrected chi connectivity index (χ0v) is 6.40. The second kappa shape index (κ2) is 4.64. The van der Waals surface area contributed by atoms with Gasteiger partial charge in [0.1, 0.15) is 5.75 Å². The lowest BCUT2D eigenvalue weighted by atomic mass is 10.7. The minimum absolute atomic E-state index is 0.520. The van der Waals surface area contributed by atoms with Gasteiger partial charge in [0.2, 0.25) is 0 Å². The average molecular weight is 148 g/mol. The first kappa shape index (κ1) is 8.78. The Kier molecular flexibility index (Phi) is 4.53. The molecule has 0 aliphatic rings. The Morgan fingerprint density at radius 3 is 2.67 bits per heavy atom. The fraction of sp³-hybridized carbons (Fsp3) is 0.800. The van der Waals surface area contributed by atoms with E-state index in [0.29, 0.717) is 12.3 Å². The molecule has 0 heterocycles. The van der Waals surface area contributed by atoms with Crippen molar-refractivity contribution in [3.8, 4) is 0 Å². The molecule has 3 nitrogen and oxygen atoms in total. The van der Waals surface area contributed by atoms with Crippen molar-refractivity contribution < 1.29 is 9.35 Å². The largest absolute Gasteiger partial charge is 0.617 e. The Labute approximate surface area is 58.2 Å². The first-order chi connectivity index (χ1) is 4.16. The lowest BCUT2D eigenvalue weighted by Gasteiger charge is -2.09. The summed E-state index contributed by atoms with van der Waals surface area (Å²) in [4.78, 5) is 11.2. The van der Waals surface area contributed by atoms with Crippen molar-refractivity contribution in [3.63, 3.8) is 0 Å². The molecule has 0 fully saturated rings. The number of nitrogens with zero attached hydrogens (tertiary/aromatic N) is 1. The Balaban J connectivity index is 3.16. The van der Waals surface area contributed by atoms with Crippen LogP contribution in [0.15, 0.2) is 0 Å². The highest BCUT2D eigenvalue weighted by Gasteiger charge is 1.99. The van der Waals surface area contributed by atoms with Crippen LogP contribution in [0.3, 0.4) is 0 Å². The molecule has 1 radical (unpaired) electrons. The summed E-state index contributed by atoms with van der Waals surface area (Å²) in [5.74, 6) is 0.533. The quantitative estimate of drug-likeness (QED) is 0.393. The molecule has 1 unspecified atom stereocenters. The lowest BCUT2D eigenvalue weighted by Crippen LogP contribution is -2.23. The van der Waals surface area contributed by atoms with Crippen LogP contribution < -0.4 is 0 Å². The predicted octanol–water partition coefficient (Wildman–Crippen LogP) is -0.636. The molecule has 0 saturated carbocycles. The maximum absolute atomic E-state index is 10.4. The molecule has 0 aromatic rings. The van der Waals surface area contributed by atoms with E-state index in [1.54, 1.807) is 19.7 Å². The summed E-state index contributed by atoms with van der Waals surface area (Å²) in [7, 11) is 1.61. The molecule has 0 saturated heterocycles. The van der Waals surface area contributed by atoms with Gasteiger partial charge in [-0.3, -0.25) is 4.79 Å². The van der Waals surface area contributed by atoms with Crippen LogP contribution in [0.5, 0.6) is 0 Å². The van der Waals surface area contributed by atoms with Gasteiger partial charge in [-0.25, -0.2) is 0 Å². The van der Waals surface area contributed by atoms with Gasteiger partial charge in [-0.1, -0.05) is 11.2 Å². The molecule has 0 aromatic carbocycles. The number of carbonyl (C=O) groups excluding carboxylic acids is 1. The van der Waals surface area contributed by atoms with Crippen molar-refractivity contribution in [3.05, 3.63) is 0 Å². The molecule has 0 bridgehead atoms. The second-order valence-corrected chi connectivity index (χ2v) is 3.34. The van der Waals surface area contributed by atoms with E-state index in [2.05, 4.69) is 0 Å². The molecule has 9 heavy (non-hydrogen) atoms. The van der Waals surface area contributed by atoms with Gasteiger partial charge in [0, 0.05) is 7.05 Å². The molecule has 0 spiro atoms. The monoisotopic (exact) mass is 148 g/mol. The van der Waals surface area contributed by atoms with Crippen LogP contribution in [-0.4, -0.2) is 41.5 Å². The summed E-state index contributed by atoms with van der Waals surface area (Å²) in [5, 5.41) is 0. The van der Waals surface area contributed by atoms with E-state index >= 15 is 0 Å². The van der Waals surface area contributed by atoms with Crippen molar-refractivity contribution in [1.82, 2.24) is 4.90 Å². The number of hydrogen-bond acceptors (Lipinski definition) is 2. The molecular formula is C5H10NO2S. The maximum atomic E-state index is 10.4. The minimum atomic E-state index is -0.808. The van der Waals surface area contributed by atoms with Crippen LogP contribution in [0.2, 0.25) is 0 Å². The van der Waals surface area contributed by atoms with E-state index in [4.69, 9.17) is 0 Å². The summed E-state index contributed by atoms with van der Waals surface area (Å²) in [5.41, 5.74) is 0. The highest BCUT2D eigenvalue weighted by atomic mass is 32.2. The fourth-order valence-corrected chi connectivity index (χ4v) is 0.842. The minimum Gasteiger partial charge on any atom is -0.617 e. The molecule has 53 valence electrons. The van der Waals surface area contributed by atoms with Crippen LogP contribution in [0.25, 0.3) is 0 Å². The molecule has 0 aromatic heterocycles. The lowest BCUT2D eigenvalue weighted by molar-refractivity contribution is 0.448. The van der Waals surface area contributed by atoms with Gasteiger partial charge in [0.15, 0.2) is 0 Å². The summed E-state index contributed by atoms with van der Waals surface area (Å²) < 4.78 is 10.4. The zero-order valence-electron chi connectivity index (χ0n) is 5.59. The Morgan fingerprint density at radius 2 is 2.33 bits per heavy atom. The normalized spacial score (nSPS) is 12.8. The van der Waals surface area contributed by atoms with Crippen LogP contribution in [0.4, 0.5) is 0 Å². The van der Waals surface area contributed by atoms with Crippen molar-refractivity contribution in [2.45, 2.75) is 0 Å². The third-order valence-electron chi connectivity index (χ3n) is 0.870. The van der Waals surface area contributed by atoms with Gasteiger partial charge < -0.3 is 9.45 Å². The highest BCUT2D eigenvalue weighted by Crippen LogP contribution is 1.83. The molecule has 4 heteroatoms. The van der Waals surface area contributed by atoms with Crippen molar-refractivity contribution in [2.24, 2.45) is 0 Å². The van der Waals surface area contributed by atoms with Gasteiger partial charge in [-0.2, -0.15) is 0 Å². The summed E-state index contributed by atoms with van der Waals surface area (Å²) in [6.07, 6.45) is 3.28. The van der Waals surface area contributed by atoms with Gasteiger partial charge >= 0.3 is 6.41 Å². The summed E-state index contributed by atoms with van der Waals surface area (Å²) >= 11 is -0.808. The molecule has 1 atom stereocenters. The first-order valence-corrected chi connectivity index (χ1v) is 4.28. The zero-order chi connectivity index (χ0) is 7.28. The summed E-state index contributed by atoms with van der Waals surface area (Å²) in [6, 6.07) is 0. The van der Waals surface area contributed by atoms with E-state index in [9.17, 15) is 9.35 Å². The van der Waals surface area contributed by atoms with Gasteiger partial charge in [-0.15, -0.1) is 0 Å².